The Morgan fingerprint density at radius 1 is 1.25 bits per heavy atom. The summed E-state index contributed by atoms with van der Waals surface area (Å²) < 4.78 is 54.8. The topological polar surface area (TPSA) is 102 Å². The van der Waals surface area contributed by atoms with E-state index >= 15 is 0 Å². The number of unbranched alkanes of at least 4 members (excludes halogenated alkanes) is 1. The predicted octanol–water partition coefficient (Wildman–Crippen LogP) is 2.48. The maximum atomic E-state index is 14.1. The highest BCUT2D eigenvalue weighted by Crippen LogP contribution is 2.33. The third-order valence-corrected chi connectivity index (χ3v) is 4.17. The van der Waals surface area contributed by atoms with Gasteiger partial charge in [-0.1, -0.05) is 6.07 Å². The fraction of sp³-hybridized carbons (Fsp3) is 0.353. The quantitative estimate of drug-likeness (QED) is 0.419. The first kappa shape index (κ1) is 19.8. The van der Waals surface area contributed by atoms with E-state index in [0.29, 0.717) is 13.1 Å². The van der Waals surface area contributed by atoms with Crippen molar-refractivity contribution < 1.29 is 17.6 Å². The molecule has 0 bridgehead atoms. The first-order valence-corrected chi connectivity index (χ1v) is 8.55. The molecule has 0 aliphatic carbocycles. The summed E-state index contributed by atoms with van der Waals surface area (Å²) in [5.74, 6) is -0.841. The van der Waals surface area contributed by atoms with E-state index in [2.05, 4.69) is 20.3 Å². The van der Waals surface area contributed by atoms with Crippen LogP contribution in [0.5, 0.6) is 0 Å². The second-order valence-electron chi connectivity index (χ2n) is 6.13. The number of aromatic nitrogens is 4. The number of nitrogens with one attached hydrogen (secondary N) is 2. The van der Waals surface area contributed by atoms with Crippen LogP contribution in [0.15, 0.2) is 29.2 Å². The van der Waals surface area contributed by atoms with Crippen molar-refractivity contribution in [2.24, 2.45) is 5.73 Å². The number of alkyl halides is 3. The van der Waals surface area contributed by atoms with Gasteiger partial charge in [0, 0.05) is 12.1 Å². The maximum absolute atomic E-state index is 14.1. The van der Waals surface area contributed by atoms with E-state index in [1.54, 1.807) is 0 Å². The number of anilines is 1. The van der Waals surface area contributed by atoms with E-state index in [9.17, 15) is 22.4 Å². The lowest BCUT2D eigenvalue weighted by atomic mass is 10.1. The minimum atomic E-state index is -4.75. The Morgan fingerprint density at radius 3 is 2.75 bits per heavy atom. The molecule has 2 heterocycles. The summed E-state index contributed by atoms with van der Waals surface area (Å²) in [6.07, 6.45) is -1.82. The molecule has 0 saturated heterocycles. The van der Waals surface area contributed by atoms with Crippen molar-refractivity contribution in [3.05, 3.63) is 51.8 Å². The number of halogens is 4. The van der Waals surface area contributed by atoms with Gasteiger partial charge in [-0.3, -0.25) is 4.57 Å². The van der Waals surface area contributed by atoms with E-state index in [0.717, 1.165) is 35.6 Å². The number of hydrogen-bond acceptors (Lipinski definition) is 5. The van der Waals surface area contributed by atoms with Crippen LogP contribution in [-0.2, 0) is 12.7 Å². The SMILES string of the molecule is NCCCCNc1ncc2[nH]c(=O)n(Cc3c(F)cccc3C(F)(F)F)c2n1. The monoisotopic (exact) mass is 398 g/mol. The molecule has 3 aromatic rings. The highest BCUT2D eigenvalue weighted by molar-refractivity contribution is 5.71. The Labute approximate surface area is 156 Å². The van der Waals surface area contributed by atoms with Crippen LogP contribution in [-0.4, -0.2) is 32.6 Å². The van der Waals surface area contributed by atoms with Gasteiger partial charge < -0.3 is 16.0 Å². The largest absolute Gasteiger partial charge is 0.416 e. The summed E-state index contributed by atoms with van der Waals surface area (Å²) >= 11 is 0. The van der Waals surface area contributed by atoms with Crippen molar-refractivity contribution in [2.75, 3.05) is 18.4 Å². The van der Waals surface area contributed by atoms with Gasteiger partial charge in [-0.25, -0.2) is 14.2 Å². The Hall–Kier alpha value is -2.95. The molecule has 0 aliphatic heterocycles. The highest BCUT2D eigenvalue weighted by atomic mass is 19.4. The molecule has 0 aliphatic rings. The van der Waals surface area contributed by atoms with Crippen LogP contribution in [0.3, 0.4) is 0 Å². The predicted molar refractivity (Wildman–Crippen MR) is 95.4 cm³/mol. The van der Waals surface area contributed by atoms with Crippen LogP contribution in [0, 0.1) is 5.82 Å². The number of hydrogen-bond donors (Lipinski definition) is 3. The van der Waals surface area contributed by atoms with Crippen molar-refractivity contribution in [3.63, 3.8) is 0 Å². The van der Waals surface area contributed by atoms with Crippen LogP contribution in [0.1, 0.15) is 24.0 Å². The number of imidazole rings is 1. The second kappa shape index (κ2) is 7.97. The molecule has 4 N–H and O–H groups in total. The Kier molecular flexibility index (Phi) is 5.63. The highest BCUT2D eigenvalue weighted by Gasteiger charge is 2.34. The number of rotatable bonds is 7. The Morgan fingerprint density at radius 2 is 2.04 bits per heavy atom. The van der Waals surface area contributed by atoms with Crippen LogP contribution >= 0.6 is 0 Å². The lowest BCUT2D eigenvalue weighted by Gasteiger charge is -2.14. The molecular formula is C17H18F4N6O. The summed E-state index contributed by atoms with van der Waals surface area (Å²) in [5.41, 5.74) is 3.27. The summed E-state index contributed by atoms with van der Waals surface area (Å²) in [6, 6.07) is 2.67. The standard InChI is InChI=1S/C17H18F4N6O/c18-12-5-3-4-11(17(19,20)21)10(12)9-27-14-13(25-16(27)28)8-24-15(26-14)23-7-2-1-6-22/h3-5,8H,1-2,6-7,9,22H2,(H,25,28)(H,23,24,26). The first-order chi connectivity index (χ1) is 13.3. The molecular weight excluding hydrogens is 380 g/mol. The molecule has 3 rings (SSSR count). The molecule has 0 spiro atoms. The maximum Gasteiger partial charge on any atom is 0.416 e. The molecule has 0 atom stereocenters. The van der Waals surface area contributed by atoms with Crippen LogP contribution in [0.25, 0.3) is 11.2 Å². The van der Waals surface area contributed by atoms with Gasteiger partial charge in [0.05, 0.1) is 18.3 Å². The fourth-order valence-corrected chi connectivity index (χ4v) is 2.79. The Balaban J connectivity index is 1.98. The zero-order valence-electron chi connectivity index (χ0n) is 14.7. The zero-order valence-corrected chi connectivity index (χ0v) is 14.7. The molecule has 28 heavy (non-hydrogen) atoms. The van der Waals surface area contributed by atoms with Gasteiger partial charge in [-0.05, 0) is 31.5 Å². The molecule has 1 aromatic carbocycles. The lowest BCUT2D eigenvalue weighted by Crippen LogP contribution is -2.21. The fourth-order valence-electron chi connectivity index (χ4n) is 2.79. The van der Waals surface area contributed by atoms with Gasteiger partial charge in [-0.15, -0.1) is 0 Å². The molecule has 0 unspecified atom stereocenters. The first-order valence-electron chi connectivity index (χ1n) is 8.55. The van der Waals surface area contributed by atoms with Gasteiger partial charge in [-0.2, -0.15) is 18.2 Å². The smallest absolute Gasteiger partial charge is 0.354 e. The van der Waals surface area contributed by atoms with Crippen LogP contribution in [0.4, 0.5) is 23.5 Å². The average molecular weight is 398 g/mol. The van der Waals surface area contributed by atoms with Crippen LogP contribution in [0.2, 0.25) is 0 Å². The van der Waals surface area contributed by atoms with Gasteiger partial charge in [0.1, 0.15) is 11.3 Å². The number of aromatic amines is 1. The number of benzene rings is 1. The molecule has 7 nitrogen and oxygen atoms in total. The van der Waals surface area contributed by atoms with Gasteiger partial charge >= 0.3 is 11.9 Å². The van der Waals surface area contributed by atoms with Gasteiger partial charge in [0.15, 0.2) is 5.65 Å². The van der Waals surface area contributed by atoms with Crippen LogP contribution < -0.4 is 16.7 Å². The summed E-state index contributed by atoms with van der Waals surface area (Å²) in [4.78, 5) is 22.9. The summed E-state index contributed by atoms with van der Waals surface area (Å²) in [6.45, 7) is 0.468. The van der Waals surface area contributed by atoms with Gasteiger partial charge in [0.2, 0.25) is 5.95 Å². The minimum absolute atomic E-state index is 0.0812. The molecule has 150 valence electrons. The van der Waals surface area contributed by atoms with E-state index < -0.39 is 35.4 Å². The molecule has 2 aromatic heterocycles. The van der Waals surface area contributed by atoms with Crippen molar-refractivity contribution in [3.8, 4) is 0 Å². The van der Waals surface area contributed by atoms with Crippen molar-refractivity contribution in [1.82, 2.24) is 19.5 Å². The lowest BCUT2D eigenvalue weighted by molar-refractivity contribution is -0.138. The third kappa shape index (κ3) is 4.14. The number of nitrogens with zero attached hydrogens (tertiary/aromatic N) is 3. The van der Waals surface area contributed by atoms with E-state index in [1.807, 2.05) is 0 Å². The van der Waals surface area contributed by atoms with Crippen molar-refractivity contribution in [2.45, 2.75) is 25.6 Å². The summed E-state index contributed by atoms with van der Waals surface area (Å²) in [5, 5.41) is 2.96. The zero-order chi connectivity index (χ0) is 20.3. The number of H-pyrrole nitrogens is 1. The normalized spacial score (nSPS) is 11.9. The molecule has 0 amide bonds. The van der Waals surface area contributed by atoms with Gasteiger partial charge in [0.25, 0.3) is 0 Å². The van der Waals surface area contributed by atoms with E-state index in [-0.39, 0.29) is 17.1 Å². The third-order valence-electron chi connectivity index (χ3n) is 4.17. The molecule has 11 heteroatoms. The molecule has 0 radical (unpaired) electrons. The number of fused-ring (bicyclic) bond motifs is 1. The average Bonchev–Trinajstić information content (AvgIpc) is 2.94. The van der Waals surface area contributed by atoms with Crippen molar-refractivity contribution >= 4 is 17.1 Å². The minimum Gasteiger partial charge on any atom is -0.354 e. The van der Waals surface area contributed by atoms with E-state index in [4.69, 9.17) is 5.73 Å². The van der Waals surface area contributed by atoms with E-state index in [1.165, 1.54) is 6.20 Å². The number of nitrogens with two attached hydrogens (primary N) is 1. The molecule has 0 saturated carbocycles. The molecule has 0 fully saturated rings. The Bertz CT molecular complexity index is 1030. The summed E-state index contributed by atoms with van der Waals surface area (Å²) in [7, 11) is 0. The van der Waals surface area contributed by atoms with Crippen molar-refractivity contribution in [1.29, 1.82) is 0 Å². The second-order valence-corrected chi connectivity index (χ2v) is 6.13.